The molecule has 2 rings (SSSR count). The number of hydrogen-bond acceptors (Lipinski definition) is 5. The van der Waals surface area contributed by atoms with Crippen molar-refractivity contribution in [2.24, 2.45) is 5.73 Å². The third-order valence-corrected chi connectivity index (χ3v) is 2.88. The second-order valence-corrected chi connectivity index (χ2v) is 4.65. The van der Waals surface area contributed by atoms with Gasteiger partial charge in [-0.3, -0.25) is 4.79 Å². The molecule has 0 spiro atoms. The summed E-state index contributed by atoms with van der Waals surface area (Å²) >= 11 is 0. The summed E-state index contributed by atoms with van der Waals surface area (Å²) in [5.74, 6) is 0.0587. The molecule has 0 radical (unpaired) electrons. The Morgan fingerprint density at radius 1 is 1.52 bits per heavy atom. The van der Waals surface area contributed by atoms with Gasteiger partial charge in [0.05, 0.1) is 0 Å². The summed E-state index contributed by atoms with van der Waals surface area (Å²) in [4.78, 5) is 15.8. The number of carbonyl (C=O) groups is 1. The first kappa shape index (κ1) is 15.1. The van der Waals surface area contributed by atoms with Crippen LogP contribution in [0.15, 0.2) is 28.8 Å². The van der Waals surface area contributed by atoms with E-state index in [1.54, 1.807) is 19.1 Å². The van der Waals surface area contributed by atoms with Gasteiger partial charge in [0.1, 0.15) is 11.9 Å². The van der Waals surface area contributed by atoms with Gasteiger partial charge in [0.25, 0.3) is 0 Å². The summed E-state index contributed by atoms with van der Waals surface area (Å²) in [6.45, 7) is 2.20. The Morgan fingerprint density at radius 3 is 3.05 bits per heavy atom. The van der Waals surface area contributed by atoms with Crippen molar-refractivity contribution in [2.75, 3.05) is 6.54 Å². The molecule has 1 amide bonds. The van der Waals surface area contributed by atoms with Crippen molar-refractivity contribution < 1.29 is 13.7 Å². The number of benzene rings is 1. The van der Waals surface area contributed by atoms with Crippen molar-refractivity contribution in [3.05, 3.63) is 36.0 Å². The van der Waals surface area contributed by atoms with Crippen molar-refractivity contribution in [3.8, 4) is 11.4 Å². The molecular formula is C14H17FN4O2. The maximum Gasteiger partial charge on any atom is 0.249 e. The lowest BCUT2D eigenvalue weighted by Gasteiger charge is -2.08. The van der Waals surface area contributed by atoms with E-state index in [0.29, 0.717) is 24.9 Å². The smallest absolute Gasteiger partial charge is 0.249 e. The highest BCUT2D eigenvalue weighted by Crippen LogP contribution is 2.19. The van der Waals surface area contributed by atoms with Gasteiger partial charge in [-0.15, -0.1) is 0 Å². The van der Waals surface area contributed by atoms with Crippen LogP contribution in [0, 0.1) is 5.82 Å². The molecule has 0 aliphatic heterocycles. The van der Waals surface area contributed by atoms with Crippen molar-refractivity contribution in [1.29, 1.82) is 0 Å². The summed E-state index contributed by atoms with van der Waals surface area (Å²) < 4.78 is 18.3. The molecule has 1 aromatic carbocycles. The minimum absolute atomic E-state index is 0.126. The van der Waals surface area contributed by atoms with Gasteiger partial charge in [-0.2, -0.15) is 4.98 Å². The van der Waals surface area contributed by atoms with E-state index in [0.717, 1.165) is 0 Å². The van der Waals surface area contributed by atoms with E-state index in [1.165, 1.54) is 12.1 Å². The van der Waals surface area contributed by atoms with Crippen LogP contribution in [0.5, 0.6) is 0 Å². The molecule has 2 aromatic rings. The molecule has 0 saturated heterocycles. The highest BCUT2D eigenvalue weighted by Gasteiger charge is 2.17. The summed E-state index contributed by atoms with van der Waals surface area (Å²) in [5, 5.41) is 6.54. The van der Waals surface area contributed by atoms with Crippen LogP contribution in [0.4, 0.5) is 4.39 Å². The normalized spacial score (nSPS) is 12.1. The fourth-order valence-corrected chi connectivity index (χ4v) is 1.79. The number of halogens is 1. The standard InChI is InChI=1S/C14H17FN4O2/c1-9(17-12(20)6-3-7-16)14-18-13(19-21-14)10-4-2-5-11(15)8-10/h2,4-5,8-9H,3,6-7,16H2,1H3,(H,17,20). The van der Waals surface area contributed by atoms with E-state index in [9.17, 15) is 9.18 Å². The molecule has 1 aromatic heterocycles. The lowest BCUT2D eigenvalue weighted by molar-refractivity contribution is -0.121. The number of nitrogens with two attached hydrogens (primary N) is 1. The Labute approximate surface area is 121 Å². The Kier molecular flexibility index (Phi) is 4.99. The monoisotopic (exact) mass is 292 g/mol. The van der Waals surface area contributed by atoms with Crippen LogP contribution in [0.2, 0.25) is 0 Å². The van der Waals surface area contributed by atoms with Crippen LogP contribution in [0.3, 0.4) is 0 Å². The fourth-order valence-electron chi connectivity index (χ4n) is 1.79. The highest BCUT2D eigenvalue weighted by molar-refractivity contribution is 5.76. The molecule has 0 fully saturated rings. The van der Waals surface area contributed by atoms with E-state index in [-0.39, 0.29) is 23.4 Å². The van der Waals surface area contributed by atoms with E-state index >= 15 is 0 Å². The van der Waals surface area contributed by atoms with Gasteiger partial charge >= 0.3 is 0 Å². The number of amides is 1. The first-order valence-corrected chi connectivity index (χ1v) is 6.69. The van der Waals surface area contributed by atoms with Crippen molar-refractivity contribution in [2.45, 2.75) is 25.8 Å². The van der Waals surface area contributed by atoms with Gasteiger partial charge < -0.3 is 15.6 Å². The average Bonchev–Trinajstić information content (AvgIpc) is 2.95. The summed E-state index contributed by atoms with van der Waals surface area (Å²) in [7, 11) is 0. The zero-order valence-corrected chi connectivity index (χ0v) is 11.7. The van der Waals surface area contributed by atoms with Crippen LogP contribution in [-0.2, 0) is 4.79 Å². The van der Waals surface area contributed by atoms with E-state index in [2.05, 4.69) is 15.5 Å². The molecule has 1 unspecified atom stereocenters. The molecule has 1 atom stereocenters. The van der Waals surface area contributed by atoms with Crippen LogP contribution in [0.1, 0.15) is 31.7 Å². The Hall–Kier alpha value is -2.28. The molecule has 1 heterocycles. The van der Waals surface area contributed by atoms with Gasteiger partial charge in [0, 0.05) is 12.0 Å². The molecule has 112 valence electrons. The molecular weight excluding hydrogens is 275 g/mol. The number of rotatable bonds is 6. The predicted molar refractivity (Wildman–Crippen MR) is 74.5 cm³/mol. The van der Waals surface area contributed by atoms with Gasteiger partial charge in [0.2, 0.25) is 17.6 Å². The third kappa shape index (κ3) is 4.09. The minimum atomic E-state index is -0.412. The summed E-state index contributed by atoms with van der Waals surface area (Å²) in [6.07, 6.45) is 0.975. The second-order valence-electron chi connectivity index (χ2n) is 4.65. The van der Waals surface area contributed by atoms with E-state index in [4.69, 9.17) is 10.3 Å². The SMILES string of the molecule is CC(NC(=O)CCCN)c1nc(-c2cccc(F)c2)no1. The van der Waals surface area contributed by atoms with Gasteiger partial charge in [-0.05, 0) is 32.0 Å². The molecule has 0 aliphatic carbocycles. The largest absolute Gasteiger partial charge is 0.345 e. The molecule has 3 N–H and O–H groups in total. The molecule has 0 aliphatic rings. The van der Waals surface area contributed by atoms with Crippen LogP contribution in [0.25, 0.3) is 11.4 Å². The first-order chi connectivity index (χ1) is 10.1. The van der Waals surface area contributed by atoms with E-state index < -0.39 is 6.04 Å². The molecule has 0 bridgehead atoms. The molecule has 6 nitrogen and oxygen atoms in total. The summed E-state index contributed by atoms with van der Waals surface area (Å²) in [6, 6.07) is 5.50. The number of aromatic nitrogens is 2. The lowest BCUT2D eigenvalue weighted by Crippen LogP contribution is -2.27. The lowest BCUT2D eigenvalue weighted by atomic mass is 10.2. The van der Waals surface area contributed by atoms with Gasteiger partial charge in [-0.1, -0.05) is 17.3 Å². The highest BCUT2D eigenvalue weighted by atomic mass is 19.1. The van der Waals surface area contributed by atoms with Crippen molar-refractivity contribution in [1.82, 2.24) is 15.5 Å². The fraction of sp³-hybridized carbons (Fsp3) is 0.357. The Bertz CT molecular complexity index is 615. The molecule has 21 heavy (non-hydrogen) atoms. The van der Waals surface area contributed by atoms with Crippen molar-refractivity contribution >= 4 is 5.91 Å². The van der Waals surface area contributed by atoms with Crippen LogP contribution in [-0.4, -0.2) is 22.6 Å². The quantitative estimate of drug-likeness (QED) is 0.846. The Balaban J connectivity index is 2.04. The minimum Gasteiger partial charge on any atom is -0.345 e. The zero-order valence-electron chi connectivity index (χ0n) is 11.7. The maximum atomic E-state index is 13.2. The van der Waals surface area contributed by atoms with E-state index in [1.807, 2.05) is 0 Å². The topological polar surface area (TPSA) is 94.0 Å². The number of nitrogens with one attached hydrogen (secondary N) is 1. The first-order valence-electron chi connectivity index (χ1n) is 6.69. The maximum absolute atomic E-state index is 13.2. The third-order valence-electron chi connectivity index (χ3n) is 2.88. The number of hydrogen-bond donors (Lipinski definition) is 2. The van der Waals surface area contributed by atoms with Crippen molar-refractivity contribution in [3.63, 3.8) is 0 Å². The summed E-state index contributed by atoms with van der Waals surface area (Å²) in [5.41, 5.74) is 5.87. The van der Waals surface area contributed by atoms with Gasteiger partial charge in [0.15, 0.2) is 0 Å². The molecule has 0 saturated carbocycles. The molecule has 7 heteroatoms. The van der Waals surface area contributed by atoms with Crippen LogP contribution >= 0.6 is 0 Å². The second kappa shape index (κ2) is 6.94. The number of carbonyl (C=O) groups excluding carboxylic acids is 1. The van der Waals surface area contributed by atoms with Crippen LogP contribution < -0.4 is 11.1 Å². The average molecular weight is 292 g/mol. The van der Waals surface area contributed by atoms with Gasteiger partial charge in [-0.25, -0.2) is 4.39 Å². The Morgan fingerprint density at radius 2 is 2.33 bits per heavy atom. The number of nitrogens with zero attached hydrogens (tertiary/aromatic N) is 2. The zero-order chi connectivity index (χ0) is 15.2. The predicted octanol–water partition coefficient (Wildman–Crippen LogP) is 1.79.